The average molecular weight is 264 g/mol. The molecule has 0 saturated carbocycles. The van der Waals surface area contributed by atoms with Crippen LogP contribution in [0.5, 0.6) is 0 Å². The molecule has 1 saturated heterocycles. The molecule has 2 atom stereocenters. The molecule has 0 radical (unpaired) electrons. The maximum Gasteiger partial charge on any atom is 0.0941 e. The normalized spacial score (nSPS) is 28.2. The second-order valence-corrected chi connectivity index (χ2v) is 5.20. The Hall–Kier alpha value is 0.0700. The lowest BCUT2D eigenvalue weighted by Crippen LogP contribution is -2.11. The number of rotatable bonds is 2. The Labute approximate surface area is 89.5 Å². The molecule has 0 aliphatic carbocycles. The summed E-state index contributed by atoms with van der Waals surface area (Å²) in [5.41, 5.74) is 0. The molecule has 1 aliphatic heterocycles. The Morgan fingerprint density at radius 3 is 3.08 bits per heavy atom. The number of thiophene rings is 1. The number of nitrogens with one attached hydrogen (secondary N) is 1. The lowest BCUT2D eigenvalue weighted by Gasteiger charge is -2.12. The van der Waals surface area contributed by atoms with Crippen molar-refractivity contribution >= 4 is 27.3 Å². The summed E-state index contributed by atoms with van der Waals surface area (Å²) < 4.78 is 13.7. The zero-order valence-electron chi connectivity index (χ0n) is 7.09. The van der Waals surface area contributed by atoms with E-state index < -0.39 is 0 Å². The molecule has 4 heteroatoms. The van der Waals surface area contributed by atoms with Crippen LogP contribution < -0.4 is 5.32 Å². The van der Waals surface area contributed by atoms with E-state index in [2.05, 4.69) is 32.7 Å². The molecule has 72 valence electrons. The lowest BCUT2D eigenvalue weighted by atomic mass is 9.96. The topological polar surface area (TPSA) is 12.0 Å². The van der Waals surface area contributed by atoms with Crippen molar-refractivity contribution in [3.63, 3.8) is 0 Å². The predicted octanol–water partition coefficient (Wildman–Crippen LogP) is 2.78. The Morgan fingerprint density at radius 1 is 1.62 bits per heavy atom. The highest BCUT2D eigenvalue weighted by atomic mass is 79.9. The highest BCUT2D eigenvalue weighted by Gasteiger charge is 2.29. The fourth-order valence-electron chi connectivity index (χ4n) is 1.75. The summed E-state index contributed by atoms with van der Waals surface area (Å²) in [6.07, 6.45) is 0. The van der Waals surface area contributed by atoms with E-state index in [-0.39, 0.29) is 12.6 Å². The van der Waals surface area contributed by atoms with Gasteiger partial charge < -0.3 is 5.32 Å². The third-order valence-corrected chi connectivity index (χ3v) is 4.32. The average Bonchev–Trinajstić information content (AvgIpc) is 2.71. The van der Waals surface area contributed by atoms with Crippen LogP contribution in [0.1, 0.15) is 10.8 Å². The monoisotopic (exact) mass is 263 g/mol. The Morgan fingerprint density at radius 2 is 2.46 bits per heavy atom. The first-order valence-electron chi connectivity index (χ1n) is 4.32. The first-order valence-corrected chi connectivity index (χ1v) is 5.99. The van der Waals surface area contributed by atoms with Gasteiger partial charge in [0.05, 0.1) is 6.67 Å². The number of hydrogen-bond donors (Lipinski definition) is 1. The second-order valence-electron chi connectivity index (χ2n) is 3.35. The third kappa shape index (κ3) is 1.95. The van der Waals surface area contributed by atoms with E-state index in [1.54, 1.807) is 11.3 Å². The summed E-state index contributed by atoms with van der Waals surface area (Å²) in [5, 5.41) is 5.29. The summed E-state index contributed by atoms with van der Waals surface area (Å²) in [4.78, 5) is 1.29. The SMILES string of the molecule is FC[C@@H]1CNC[C@@H]1c1cc(Br)cs1. The van der Waals surface area contributed by atoms with Crippen LogP contribution in [0.4, 0.5) is 4.39 Å². The Balaban J connectivity index is 2.15. The fourth-order valence-corrected chi connectivity index (χ4v) is 3.39. The van der Waals surface area contributed by atoms with E-state index in [4.69, 9.17) is 0 Å². The maximum atomic E-state index is 12.6. The quantitative estimate of drug-likeness (QED) is 0.866. The minimum absolute atomic E-state index is 0.172. The van der Waals surface area contributed by atoms with Crippen molar-refractivity contribution in [3.8, 4) is 0 Å². The van der Waals surface area contributed by atoms with Crippen molar-refractivity contribution in [2.24, 2.45) is 5.92 Å². The Bertz CT molecular complexity index is 289. The van der Waals surface area contributed by atoms with Gasteiger partial charge in [0.15, 0.2) is 0 Å². The van der Waals surface area contributed by atoms with E-state index in [9.17, 15) is 4.39 Å². The van der Waals surface area contributed by atoms with Gasteiger partial charge in [-0.05, 0) is 22.0 Å². The van der Waals surface area contributed by atoms with E-state index in [0.717, 1.165) is 17.6 Å². The fraction of sp³-hybridized carbons (Fsp3) is 0.556. The van der Waals surface area contributed by atoms with Gasteiger partial charge in [-0.2, -0.15) is 0 Å². The van der Waals surface area contributed by atoms with Crippen LogP contribution in [-0.4, -0.2) is 19.8 Å². The molecule has 0 amide bonds. The molecule has 2 rings (SSSR count). The van der Waals surface area contributed by atoms with Gasteiger partial charge >= 0.3 is 0 Å². The summed E-state index contributed by atoms with van der Waals surface area (Å²) in [5.74, 6) is 0.548. The van der Waals surface area contributed by atoms with E-state index in [1.807, 2.05) is 0 Å². The zero-order chi connectivity index (χ0) is 9.26. The molecular weight excluding hydrogens is 253 g/mol. The van der Waals surface area contributed by atoms with Gasteiger partial charge in [-0.3, -0.25) is 4.39 Å². The van der Waals surface area contributed by atoms with Crippen molar-refractivity contribution in [1.29, 1.82) is 0 Å². The minimum Gasteiger partial charge on any atom is -0.316 e. The van der Waals surface area contributed by atoms with Gasteiger partial charge in [0.2, 0.25) is 0 Å². The molecule has 0 aromatic carbocycles. The van der Waals surface area contributed by atoms with Crippen molar-refractivity contribution in [2.75, 3.05) is 19.8 Å². The van der Waals surface area contributed by atoms with Crippen molar-refractivity contribution in [1.82, 2.24) is 5.32 Å². The molecule has 2 heterocycles. The van der Waals surface area contributed by atoms with Gasteiger partial charge in [-0.15, -0.1) is 11.3 Å². The van der Waals surface area contributed by atoms with Crippen LogP contribution in [-0.2, 0) is 0 Å². The minimum atomic E-state index is -0.215. The predicted molar refractivity (Wildman–Crippen MR) is 57.1 cm³/mol. The number of alkyl halides is 1. The van der Waals surface area contributed by atoms with Gasteiger partial charge in [0.1, 0.15) is 0 Å². The van der Waals surface area contributed by atoms with E-state index in [0.29, 0.717) is 5.92 Å². The lowest BCUT2D eigenvalue weighted by molar-refractivity contribution is 0.360. The Kier molecular flexibility index (Phi) is 3.01. The van der Waals surface area contributed by atoms with Crippen molar-refractivity contribution in [2.45, 2.75) is 5.92 Å². The number of halogens is 2. The highest BCUT2D eigenvalue weighted by Crippen LogP contribution is 2.34. The molecule has 13 heavy (non-hydrogen) atoms. The molecule has 0 bridgehead atoms. The molecule has 1 aromatic heterocycles. The first kappa shape index (κ1) is 9.62. The van der Waals surface area contributed by atoms with Crippen LogP contribution in [0.15, 0.2) is 15.9 Å². The largest absolute Gasteiger partial charge is 0.316 e. The van der Waals surface area contributed by atoms with Gasteiger partial charge in [0, 0.05) is 39.7 Å². The van der Waals surface area contributed by atoms with Gasteiger partial charge in [0.25, 0.3) is 0 Å². The molecule has 1 aliphatic rings. The molecule has 0 spiro atoms. The van der Waals surface area contributed by atoms with E-state index >= 15 is 0 Å². The molecule has 1 aromatic rings. The summed E-state index contributed by atoms with van der Waals surface area (Å²) >= 11 is 5.13. The molecular formula is C9H11BrFNS. The van der Waals surface area contributed by atoms with Crippen LogP contribution in [0.3, 0.4) is 0 Å². The molecule has 1 fully saturated rings. The molecule has 1 nitrogen and oxygen atoms in total. The van der Waals surface area contributed by atoms with Crippen LogP contribution >= 0.6 is 27.3 Å². The van der Waals surface area contributed by atoms with Crippen molar-refractivity contribution in [3.05, 3.63) is 20.8 Å². The van der Waals surface area contributed by atoms with E-state index in [1.165, 1.54) is 4.88 Å². The summed E-state index contributed by atoms with van der Waals surface area (Å²) in [6.45, 7) is 1.52. The zero-order valence-corrected chi connectivity index (χ0v) is 9.50. The molecule has 0 unspecified atom stereocenters. The highest BCUT2D eigenvalue weighted by molar-refractivity contribution is 9.10. The third-order valence-electron chi connectivity index (χ3n) is 2.49. The first-order chi connectivity index (χ1) is 6.31. The summed E-state index contributed by atoms with van der Waals surface area (Å²) in [7, 11) is 0. The number of hydrogen-bond acceptors (Lipinski definition) is 2. The van der Waals surface area contributed by atoms with Crippen molar-refractivity contribution < 1.29 is 4.39 Å². The second kappa shape index (κ2) is 4.07. The van der Waals surface area contributed by atoms with Crippen LogP contribution in [0.2, 0.25) is 0 Å². The standard InChI is InChI=1S/C9H11BrFNS/c10-7-1-9(13-5-7)8-4-12-3-6(8)2-11/h1,5-6,8,12H,2-4H2/t6-,8+/m1/s1. The maximum absolute atomic E-state index is 12.6. The van der Waals surface area contributed by atoms with Gasteiger partial charge in [-0.1, -0.05) is 0 Å². The van der Waals surface area contributed by atoms with Crippen LogP contribution in [0, 0.1) is 5.92 Å². The smallest absolute Gasteiger partial charge is 0.0941 e. The van der Waals surface area contributed by atoms with Gasteiger partial charge in [-0.25, -0.2) is 0 Å². The summed E-state index contributed by atoms with van der Waals surface area (Å²) in [6, 6.07) is 2.10. The van der Waals surface area contributed by atoms with Crippen LogP contribution in [0.25, 0.3) is 0 Å². The molecule has 1 N–H and O–H groups in total.